The standard InChI is InChI=1S/C18H34N4O3.HI/c1-3-19-17(23)13-21-18(20-4-2)22-10-8-15(9-11-22)25-14-16-7-5-6-12-24-16;/h15-16H,3-14H2,1-2H3,(H,19,23)(H,20,21);1H. The molecule has 1 unspecified atom stereocenters. The van der Waals surface area contributed by atoms with Gasteiger partial charge in [-0.25, -0.2) is 4.99 Å². The van der Waals surface area contributed by atoms with E-state index in [4.69, 9.17) is 9.47 Å². The first-order valence-corrected chi connectivity index (χ1v) is 9.76. The lowest BCUT2D eigenvalue weighted by Crippen LogP contribution is -2.47. The number of ether oxygens (including phenoxy) is 2. The largest absolute Gasteiger partial charge is 0.376 e. The van der Waals surface area contributed by atoms with Gasteiger partial charge in [0, 0.05) is 32.8 Å². The number of rotatable bonds is 7. The number of hydrogen-bond acceptors (Lipinski definition) is 4. The van der Waals surface area contributed by atoms with Gasteiger partial charge in [0.2, 0.25) is 5.91 Å². The number of hydrogen-bond donors (Lipinski definition) is 2. The van der Waals surface area contributed by atoms with Crippen molar-refractivity contribution in [1.29, 1.82) is 0 Å². The molecule has 2 rings (SSSR count). The second-order valence-electron chi connectivity index (χ2n) is 6.63. The van der Waals surface area contributed by atoms with Crippen LogP contribution >= 0.6 is 24.0 Å². The molecule has 2 aliphatic heterocycles. The van der Waals surface area contributed by atoms with Crippen LogP contribution in [0.2, 0.25) is 0 Å². The lowest BCUT2D eigenvalue weighted by Gasteiger charge is -2.35. The Hall–Kier alpha value is -0.610. The van der Waals surface area contributed by atoms with Gasteiger partial charge in [0.05, 0.1) is 18.8 Å². The number of likely N-dealkylation sites (N-methyl/N-ethyl adjacent to an activating group) is 1. The SMILES string of the molecule is CCNC(=O)CN=C(NCC)N1CCC(OCC2CCCCO2)CC1.I. The molecule has 0 bridgehead atoms. The molecular formula is C18H35IN4O3. The van der Waals surface area contributed by atoms with Gasteiger partial charge in [-0.2, -0.15) is 0 Å². The lowest BCUT2D eigenvalue weighted by molar-refractivity contribution is -0.119. The normalized spacial score (nSPS) is 21.8. The predicted octanol–water partition coefficient (Wildman–Crippen LogP) is 1.76. The summed E-state index contributed by atoms with van der Waals surface area (Å²) in [4.78, 5) is 18.3. The first-order valence-electron chi connectivity index (χ1n) is 9.76. The van der Waals surface area contributed by atoms with Crippen LogP contribution in [-0.4, -0.2) is 74.9 Å². The fourth-order valence-electron chi connectivity index (χ4n) is 3.24. The van der Waals surface area contributed by atoms with E-state index in [9.17, 15) is 4.79 Å². The molecule has 26 heavy (non-hydrogen) atoms. The van der Waals surface area contributed by atoms with Crippen molar-refractivity contribution >= 4 is 35.8 Å². The fourth-order valence-corrected chi connectivity index (χ4v) is 3.24. The van der Waals surface area contributed by atoms with E-state index in [-0.39, 0.29) is 42.5 Å². The van der Waals surface area contributed by atoms with Crippen LogP contribution in [0.15, 0.2) is 4.99 Å². The Balaban J connectivity index is 0.00000338. The Morgan fingerprint density at radius 3 is 2.50 bits per heavy atom. The van der Waals surface area contributed by atoms with Crippen molar-refractivity contribution in [3.63, 3.8) is 0 Å². The van der Waals surface area contributed by atoms with Crippen molar-refractivity contribution in [2.24, 2.45) is 4.99 Å². The van der Waals surface area contributed by atoms with Crippen LogP contribution in [0.1, 0.15) is 46.0 Å². The van der Waals surface area contributed by atoms with Crippen LogP contribution in [0.3, 0.4) is 0 Å². The molecule has 1 amide bonds. The maximum atomic E-state index is 11.6. The average Bonchev–Trinajstić information content (AvgIpc) is 2.65. The minimum Gasteiger partial charge on any atom is -0.376 e. The van der Waals surface area contributed by atoms with Crippen LogP contribution in [0, 0.1) is 0 Å². The van der Waals surface area contributed by atoms with Crippen LogP contribution in [0.25, 0.3) is 0 Å². The van der Waals surface area contributed by atoms with Crippen molar-refractivity contribution in [2.75, 3.05) is 45.9 Å². The van der Waals surface area contributed by atoms with Crippen LogP contribution in [-0.2, 0) is 14.3 Å². The van der Waals surface area contributed by atoms with Gasteiger partial charge in [0.25, 0.3) is 0 Å². The van der Waals surface area contributed by atoms with Crippen molar-refractivity contribution in [3.8, 4) is 0 Å². The summed E-state index contributed by atoms with van der Waals surface area (Å²) in [5.74, 6) is 0.784. The highest BCUT2D eigenvalue weighted by Crippen LogP contribution is 2.17. The maximum absolute atomic E-state index is 11.6. The third-order valence-corrected chi connectivity index (χ3v) is 4.61. The summed E-state index contributed by atoms with van der Waals surface area (Å²) in [6, 6.07) is 0. The molecule has 0 aliphatic carbocycles. The van der Waals surface area contributed by atoms with Gasteiger partial charge in [-0.1, -0.05) is 0 Å². The minimum absolute atomic E-state index is 0. The maximum Gasteiger partial charge on any atom is 0.241 e. The molecule has 2 fully saturated rings. The number of nitrogens with zero attached hydrogens (tertiary/aromatic N) is 2. The zero-order chi connectivity index (χ0) is 17.9. The Kier molecular flexibility index (Phi) is 12.2. The van der Waals surface area contributed by atoms with Gasteiger partial charge in [-0.05, 0) is 46.0 Å². The number of piperidine rings is 1. The van der Waals surface area contributed by atoms with E-state index in [0.29, 0.717) is 12.6 Å². The highest BCUT2D eigenvalue weighted by atomic mass is 127. The molecule has 0 aromatic carbocycles. The number of carbonyl (C=O) groups excluding carboxylic acids is 1. The van der Waals surface area contributed by atoms with E-state index in [1.54, 1.807) is 0 Å². The Morgan fingerprint density at radius 1 is 1.15 bits per heavy atom. The molecule has 7 nitrogen and oxygen atoms in total. The van der Waals surface area contributed by atoms with E-state index < -0.39 is 0 Å². The summed E-state index contributed by atoms with van der Waals surface area (Å²) < 4.78 is 11.8. The summed E-state index contributed by atoms with van der Waals surface area (Å²) >= 11 is 0. The van der Waals surface area contributed by atoms with Gasteiger partial charge < -0.3 is 25.0 Å². The molecule has 8 heteroatoms. The van der Waals surface area contributed by atoms with Crippen molar-refractivity contribution in [3.05, 3.63) is 0 Å². The topological polar surface area (TPSA) is 75.2 Å². The van der Waals surface area contributed by atoms with E-state index >= 15 is 0 Å². The molecule has 1 atom stereocenters. The van der Waals surface area contributed by atoms with Gasteiger partial charge >= 0.3 is 0 Å². The van der Waals surface area contributed by atoms with Crippen molar-refractivity contribution in [1.82, 2.24) is 15.5 Å². The van der Waals surface area contributed by atoms with E-state index in [1.165, 1.54) is 12.8 Å². The zero-order valence-corrected chi connectivity index (χ0v) is 18.5. The predicted molar refractivity (Wildman–Crippen MR) is 114 cm³/mol. The van der Waals surface area contributed by atoms with Crippen molar-refractivity contribution < 1.29 is 14.3 Å². The molecule has 152 valence electrons. The average molecular weight is 482 g/mol. The monoisotopic (exact) mass is 482 g/mol. The number of guanidine groups is 1. The van der Waals surface area contributed by atoms with E-state index in [0.717, 1.165) is 58.1 Å². The molecule has 2 heterocycles. The Labute approximate surface area is 174 Å². The molecular weight excluding hydrogens is 447 g/mol. The minimum atomic E-state index is -0.0383. The van der Waals surface area contributed by atoms with Gasteiger partial charge in [-0.15, -0.1) is 24.0 Å². The summed E-state index contributed by atoms with van der Waals surface area (Å²) in [7, 11) is 0. The second kappa shape index (κ2) is 13.5. The Bertz CT molecular complexity index is 423. The lowest BCUT2D eigenvalue weighted by atomic mass is 10.1. The van der Waals surface area contributed by atoms with Crippen molar-refractivity contribution in [2.45, 2.75) is 58.2 Å². The quantitative estimate of drug-likeness (QED) is 0.329. The summed E-state index contributed by atoms with van der Waals surface area (Å²) in [6.07, 6.45) is 6.10. The van der Waals surface area contributed by atoms with Gasteiger partial charge in [0.15, 0.2) is 5.96 Å². The van der Waals surface area contributed by atoms with E-state index in [2.05, 4.69) is 20.5 Å². The molecule has 0 spiro atoms. The first kappa shape index (κ1) is 23.4. The van der Waals surface area contributed by atoms with Crippen LogP contribution in [0.4, 0.5) is 0 Å². The summed E-state index contributed by atoms with van der Waals surface area (Å²) in [6.45, 7) is 8.96. The second-order valence-corrected chi connectivity index (χ2v) is 6.63. The highest BCUT2D eigenvalue weighted by molar-refractivity contribution is 14.0. The smallest absolute Gasteiger partial charge is 0.241 e. The molecule has 2 aliphatic rings. The first-order chi connectivity index (χ1) is 12.2. The number of aliphatic imine (C=N–C) groups is 1. The summed E-state index contributed by atoms with van der Waals surface area (Å²) in [5, 5.41) is 6.06. The van der Waals surface area contributed by atoms with Gasteiger partial charge in [-0.3, -0.25) is 4.79 Å². The van der Waals surface area contributed by atoms with Crippen LogP contribution in [0.5, 0.6) is 0 Å². The fraction of sp³-hybridized carbons (Fsp3) is 0.889. The number of carbonyl (C=O) groups is 1. The number of halogens is 1. The highest BCUT2D eigenvalue weighted by Gasteiger charge is 2.23. The number of nitrogens with one attached hydrogen (secondary N) is 2. The molecule has 0 aromatic heterocycles. The Morgan fingerprint density at radius 2 is 1.88 bits per heavy atom. The van der Waals surface area contributed by atoms with Gasteiger partial charge in [0.1, 0.15) is 6.54 Å². The number of likely N-dealkylation sites (tertiary alicyclic amines) is 1. The third kappa shape index (κ3) is 8.39. The molecule has 0 saturated carbocycles. The van der Waals surface area contributed by atoms with E-state index in [1.807, 2.05) is 13.8 Å². The summed E-state index contributed by atoms with van der Waals surface area (Å²) in [5.41, 5.74) is 0. The molecule has 0 radical (unpaired) electrons. The molecule has 2 saturated heterocycles. The molecule has 2 N–H and O–H groups in total. The van der Waals surface area contributed by atoms with Crippen LogP contribution < -0.4 is 10.6 Å². The third-order valence-electron chi connectivity index (χ3n) is 4.61. The number of amides is 1. The zero-order valence-electron chi connectivity index (χ0n) is 16.2. The molecule has 0 aromatic rings.